The molecule has 1 saturated heterocycles. The van der Waals surface area contributed by atoms with Crippen molar-refractivity contribution in [3.63, 3.8) is 0 Å². The third-order valence-electron chi connectivity index (χ3n) is 4.37. The van der Waals surface area contributed by atoms with Crippen molar-refractivity contribution >= 4 is 23.4 Å². The Balaban J connectivity index is 1.61. The van der Waals surface area contributed by atoms with Crippen molar-refractivity contribution in [2.45, 2.75) is 25.0 Å². The summed E-state index contributed by atoms with van der Waals surface area (Å²) in [6.45, 7) is 2.11. The maximum absolute atomic E-state index is 13.5. The van der Waals surface area contributed by atoms with Gasteiger partial charge >= 0.3 is 0 Å². The number of thiophene rings is 1. The second-order valence-electron chi connectivity index (χ2n) is 5.91. The van der Waals surface area contributed by atoms with Crippen LogP contribution in [0.25, 0.3) is 11.1 Å². The number of fused-ring (bicyclic) bond motifs is 1. The van der Waals surface area contributed by atoms with Gasteiger partial charge in [0.15, 0.2) is 0 Å². The van der Waals surface area contributed by atoms with Gasteiger partial charge in [-0.1, -0.05) is 12.1 Å². The van der Waals surface area contributed by atoms with Crippen LogP contribution in [0.1, 0.15) is 23.9 Å². The van der Waals surface area contributed by atoms with Gasteiger partial charge in [0.05, 0.1) is 16.9 Å². The van der Waals surface area contributed by atoms with Crippen molar-refractivity contribution in [3.8, 4) is 11.1 Å². The maximum Gasteiger partial charge on any atom is 0.138 e. The highest BCUT2D eigenvalue weighted by atomic mass is 32.1. The Morgan fingerprint density at radius 3 is 2.96 bits per heavy atom. The lowest BCUT2D eigenvalue weighted by Crippen LogP contribution is -2.41. The van der Waals surface area contributed by atoms with Crippen molar-refractivity contribution in [1.82, 2.24) is 10.6 Å². The molecule has 4 nitrogen and oxygen atoms in total. The van der Waals surface area contributed by atoms with E-state index in [0.717, 1.165) is 42.7 Å². The van der Waals surface area contributed by atoms with E-state index in [4.69, 9.17) is 0 Å². The molecule has 2 aliphatic rings. The Bertz CT molecular complexity index is 721. The third-order valence-corrected chi connectivity index (χ3v) is 5.40. The number of rotatable bonds is 3. The van der Waals surface area contributed by atoms with Gasteiger partial charge in [0.1, 0.15) is 12.0 Å². The van der Waals surface area contributed by atoms with E-state index in [9.17, 15) is 4.39 Å². The molecule has 4 rings (SSSR count). The molecule has 1 aromatic heterocycles. The molecule has 23 heavy (non-hydrogen) atoms. The molecule has 0 aliphatic carbocycles. The van der Waals surface area contributed by atoms with E-state index in [1.165, 1.54) is 10.9 Å². The van der Waals surface area contributed by atoms with E-state index < -0.39 is 0 Å². The van der Waals surface area contributed by atoms with Crippen LogP contribution in [0.2, 0.25) is 0 Å². The molecule has 0 radical (unpaired) electrons. The Hall–Kier alpha value is -1.76. The first-order valence-electron chi connectivity index (χ1n) is 7.93. The molecule has 3 heterocycles. The van der Waals surface area contributed by atoms with Gasteiger partial charge in [0.2, 0.25) is 0 Å². The maximum atomic E-state index is 13.5. The topological polar surface area (TPSA) is 48.5 Å². The van der Waals surface area contributed by atoms with Crippen LogP contribution in [0, 0.1) is 5.82 Å². The Labute approximate surface area is 138 Å². The highest BCUT2D eigenvalue weighted by Crippen LogP contribution is 2.41. The smallest absolute Gasteiger partial charge is 0.138 e. The van der Waals surface area contributed by atoms with Gasteiger partial charge in [0, 0.05) is 17.0 Å². The predicted molar refractivity (Wildman–Crippen MR) is 93.6 cm³/mol. The molecule has 2 aromatic rings. The lowest BCUT2D eigenvalue weighted by atomic mass is 10.0. The Morgan fingerprint density at radius 1 is 1.26 bits per heavy atom. The van der Waals surface area contributed by atoms with E-state index in [1.54, 1.807) is 29.8 Å². The average molecular weight is 330 g/mol. The van der Waals surface area contributed by atoms with Gasteiger partial charge in [0.25, 0.3) is 0 Å². The number of benzene rings is 1. The van der Waals surface area contributed by atoms with E-state index in [2.05, 4.69) is 26.3 Å². The number of nitrogens with zero attached hydrogens (tertiary/aromatic N) is 1. The first-order chi connectivity index (χ1) is 11.3. The average Bonchev–Trinajstić information content (AvgIpc) is 3.01. The molecular formula is C17H19FN4S. The molecule has 1 aromatic carbocycles. The fourth-order valence-corrected chi connectivity index (χ4v) is 4.21. The van der Waals surface area contributed by atoms with Crippen molar-refractivity contribution in [2.75, 3.05) is 18.4 Å². The summed E-state index contributed by atoms with van der Waals surface area (Å²) >= 11 is 1.67. The molecule has 1 unspecified atom stereocenters. The van der Waals surface area contributed by atoms with Crippen molar-refractivity contribution < 1.29 is 4.39 Å². The summed E-state index contributed by atoms with van der Waals surface area (Å²) in [5, 5.41) is 12.3. The van der Waals surface area contributed by atoms with Crippen LogP contribution in [-0.4, -0.2) is 25.5 Å². The first kappa shape index (κ1) is 14.8. The lowest BCUT2D eigenvalue weighted by molar-refractivity contribution is 0.356. The van der Waals surface area contributed by atoms with Crippen LogP contribution in [0.5, 0.6) is 0 Å². The summed E-state index contributed by atoms with van der Waals surface area (Å²) < 4.78 is 13.5. The quantitative estimate of drug-likeness (QED) is 0.809. The zero-order chi connectivity index (χ0) is 15.6. The molecule has 0 saturated carbocycles. The van der Waals surface area contributed by atoms with Crippen LogP contribution < -0.4 is 16.0 Å². The SMILES string of the molecule is Fc1cccc(-c2csc3c2NC=NC3NC2CCNCC2)c1. The van der Waals surface area contributed by atoms with Crippen molar-refractivity contribution in [1.29, 1.82) is 0 Å². The number of nitrogens with one attached hydrogen (secondary N) is 3. The molecule has 0 amide bonds. The van der Waals surface area contributed by atoms with E-state index >= 15 is 0 Å². The zero-order valence-corrected chi connectivity index (χ0v) is 13.5. The van der Waals surface area contributed by atoms with E-state index in [-0.39, 0.29) is 12.0 Å². The Kier molecular flexibility index (Phi) is 4.11. The van der Waals surface area contributed by atoms with Gasteiger partial charge in [-0.15, -0.1) is 11.3 Å². The summed E-state index contributed by atoms with van der Waals surface area (Å²) in [7, 11) is 0. The number of hydrogen-bond donors (Lipinski definition) is 3. The summed E-state index contributed by atoms with van der Waals surface area (Å²) in [5.41, 5.74) is 2.97. The molecule has 6 heteroatoms. The fourth-order valence-electron chi connectivity index (χ4n) is 3.17. The predicted octanol–water partition coefficient (Wildman–Crippen LogP) is 3.35. The van der Waals surface area contributed by atoms with Crippen LogP contribution in [0.4, 0.5) is 10.1 Å². The molecule has 0 spiro atoms. The van der Waals surface area contributed by atoms with Gasteiger partial charge < -0.3 is 10.6 Å². The molecule has 0 bridgehead atoms. The standard InChI is InChI=1S/C17H19FN4S/c18-12-3-1-2-11(8-12)14-9-23-16-15(14)20-10-21-17(16)22-13-4-6-19-7-5-13/h1-3,8-10,13,17,19,22H,4-7H2,(H,20,21). The van der Waals surface area contributed by atoms with E-state index in [0.29, 0.717) is 6.04 Å². The lowest BCUT2D eigenvalue weighted by Gasteiger charge is -2.28. The van der Waals surface area contributed by atoms with Gasteiger partial charge in [-0.05, 0) is 43.6 Å². The van der Waals surface area contributed by atoms with Crippen LogP contribution in [0.3, 0.4) is 0 Å². The van der Waals surface area contributed by atoms with Crippen LogP contribution in [-0.2, 0) is 0 Å². The number of anilines is 1. The summed E-state index contributed by atoms with van der Waals surface area (Å²) in [5.74, 6) is -0.212. The van der Waals surface area contributed by atoms with Crippen LogP contribution in [0.15, 0.2) is 34.6 Å². The molecular weight excluding hydrogens is 311 g/mol. The minimum absolute atomic E-state index is 0.0124. The largest absolute Gasteiger partial charge is 0.345 e. The molecule has 3 N–H and O–H groups in total. The third kappa shape index (κ3) is 3.02. The minimum Gasteiger partial charge on any atom is -0.345 e. The monoisotopic (exact) mass is 330 g/mol. The second kappa shape index (κ2) is 6.39. The van der Waals surface area contributed by atoms with Gasteiger partial charge in [-0.3, -0.25) is 10.3 Å². The normalized spacial score (nSPS) is 21.0. The highest BCUT2D eigenvalue weighted by Gasteiger charge is 2.25. The summed E-state index contributed by atoms with van der Waals surface area (Å²) in [6.07, 6.45) is 3.98. The highest BCUT2D eigenvalue weighted by molar-refractivity contribution is 7.11. The number of halogens is 1. The number of aliphatic imine (C=N–C) groups is 1. The molecule has 1 atom stereocenters. The van der Waals surface area contributed by atoms with Gasteiger partial charge in [-0.25, -0.2) is 4.39 Å². The molecule has 120 valence electrons. The van der Waals surface area contributed by atoms with Crippen molar-refractivity contribution in [2.24, 2.45) is 4.99 Å². The Morgan fingerprint density at radius 2 is 2.13 bits per heavy atom. The minimum atomic E-state index is -0.212. The number of hydrogen-bond acceptors (Lipinski definition) is 5. The first-order valence-corrected chi connectivity index (χ1v) is 8.81. The fraction of sp³-hybridized carbons (Fsp3) is 0.353. The second-order valence-corrected chi connectivity index (χ2v) is 6.83. The summed E-state index contributed by atoms with van der Waals surface area (Å²) in [6, 6.07) is 7.22. The van der Waals surface area contributed by atoms with Crippen LogP contribution >= 0.6 is 11.3 Å². The van der Waals surface area contributed by atoms with E-state index in [1.807, 2.05) is 6.07 Å². The summed E-state index contributed by atoms with van der Waals surface area (Å²) in [4.78, 5) is 5.73. The zero-order valence-electron chi connectivity index (χ0n) is 12.7. The molecule has 1 fully saturated rings. The van der Waals surface area contributed by atoms with Crippen molar-refractivity contribution in [3.05, 3.63) is 40.3 Å². The molecule has 2 aliphatic heterocycles. The number of piperidine rings is 1. The van der Waals surface area contributed by atoms with Gasteiger partial charge in [-0.2, -0.15) is 0 Å².